The van der Waals surface area contributed by atoms with Gasteiger partial charge in [-0.1, -0.05) is 99.8 Å². The number of aliphatic hydroxyl groups excluding tert-OH is 1. The fourth-order valence-corrected chi connectivity index (χ4v) is 12.5. The lowest BCUT2D eigenvalue weighted by molar-refractivity contribution is -0.138. The topological polar surface area (TPSA) is 83.9 Å². The highest BCUT2D eigenvalue weighted by atomic mass is 32.2. The Bertz CT molecular complexity index is 1120. The average Bonchev–Trinajstić information content (AvgIpc) is 3.41. The molecule has 2 saturated carbocycles. The minimum atomic E-state index is -3.73. The first-order valence-corrected chi connectivity index (χ1v) is 22.2. The fraction of sp³-hybridized carbons (Fsp3) is 0.917. The largest absolute Gasteiger partial charge is 0.414 e. The third-order valence-corrected chi connectivity index (χ3v) is 19.1. The minimum Gasteiger partial charge on any atom is -0.414 e. The molecular formula is C36H65NO5SSi. The molecule has 44 heavy (non-hydrogen) atoms. The van der Waals surface area contributed by atoms with E-state index in [-0.39, 0.29) is 39.7 Å². The number of carbonyl (C=O) groups excluding carboxylic acids is 1. The van der Waals surface area contributed by atoms with Crippen LogP contribution in [0.4, 0.5) is 0 Å². The van der Waals surface area contributed by atoms with E-state index >= 15 is 0 Å². The van der Waals surface area contributed by atoms with Gasteiger partial charge < -0.3 is 9.53 Å². The van der Waals surface area contributed by atoms with Crippen molar-refractivity contribution in [2.24, 2.45) is 28.6 Å². The van der Waals surface area contributed by atoms with Gasteiger partial charge >= 0.3 is 0 Å². The van der Waals surface area contributed by atoms with Crippen LogP contribution in [0.2, 0.25) is 18.1 Å². The van der Waals surface area contributed by atoms with Crippen molar-refractivity contribution >= 4 is 24.2 Å². The second-order valence-corrected chi connectivity index (χ2v) is 23.3. The van der Waals surface area contributed by atoms with E-state index in [0.29, 0.717) is 5.92 Å². The number of unbranched alkanes of at least 4 members (excludes halogenated alkanes) is 9. The summed E-state index contributed by atoms with van der Waals surface area (Å²) in [5.41, 5.74) is -0.461. The van der Waals surface area contributed by atoms with Crippen molar-refractivity contribution in [1.82, 2.24) is 4.31 Å². The second-order valence-electron chi connectivity index (χ2n) is 16.7. The Kier molecular flexibility index (Phi) is 12.4. The summed E-state index contributed by atoms with van der Waals surface area (Å²) < 4.78 is 35.2. The Morgan fingerprint density at radius 2 is 1.59 bits per heavy atom. The van der Waals surface area contributed by atoms with Crippen LogP contribution in [0.3, 0.4) is 0 Å². The number of aliphatic hydroxyl groups is 1. The molecule has 0 aromatic rings. The number of rotatable bonds is 17. The van der Waals surface area contributed by atoms with E-state index in [1.807, 2.05) is 6.92 Å². The highest BCUT2D eigenvalue weighted by Gasteiger charge is 2.72. The third-order valence-electron chi connectivity index (χ3n) is 12.7. The lowest BCUT2D eigenvalue weighted by Gasteiger charge is -2.42. The number of carbonyl (C=O) groups is 1. The van der Waals surface area contributed by atoms with Gasteiger partial charge in [-0.15, -0.1) is 12.3 Å². The maximum atomic E-state index is 14.0. The molecule has 1 spiro atoms. The maximum absolute atomic E-state index is 14.0. The minimum absolute atomic E-state index is 0.0180. The van der Waals surface area contributed by atoms with Gasteiger partial charge in [-0.3, -0.25) is 4.79 Å². The zero-order chi connectivity index (χ0) is 33.1. The van der Waals surface area contributed by atoms with Gasteiger partial charge in [0.05, 0.1) is 29.9 Å². The number of hydrogen-bond donors (Lipinski definition) is 1. The van der Waals surface area contributed by atoms with E-state index in [1.54, 1.807) is 6.92 Å². The van der Waals surface area contributed by atoms with Crippen molar-refractivity contribution in [3.05, 3.63) is 0 Å². The average molecular weight is 652 g/mol. The molecule has 1 heterocycles. The second kappa shape index (κ2) is 14.5. The van der Waals surface area contributed by atoms with E-state index < -0.39 is 36.3 Å². The number of nitrogens with zero attached hydrogens (tertiary/aromatic N) is 1. The van der Waals surface area contributed by atoms with E-state index in [2.05, 4.69) is 53.6 Å². The van der Waals surface area contributed by atoms with Gasteiger partial charge in [0.25, 0.3) is 0 Å². The zero-order valence-corrected chi connectivity index (χ0v) is 31.4. The number of fused-ring (bicyclic) bond motifs is 1. The lowest BCUT2D eigenvalue weighted by Crippen LogP contribution is -2.51. The van der Waals surface area contributed by atoms with E-state index in [1.165, 1.54) is 42.8 Å². The van der Waals surface area contributed by atoms with Crippen LogP contribution in [0, 0.1) is 40.9 Å². The molecule has 0 aromatic carbocycles. The summed E-state index contributed by atoms with van der Waals surface area (Å²) in [6.45, 7) is 19.3. The predicted octanol–water partition coefficient (Wildman–Crippen LogP) is 8.30. The summed E-state index contributed by atoms with van der Waals surface area (Å²) in [5, 5.41) is 11.7. The number of hydrogen-bond acceptors (Lipinski definition) is 5. The summed E-state index contributed by atoms with van der Waals surface area (Å²) in [7, 11) is -5.87. The standard InChI is InChI=1S/C36H65NO5SSi/c1-11-12-13-14-15-16-17-18-19-20-21-22-30(42-44(9,10)34(4,5)6)27(2)32(38)28(3)33(39)37-31-25-29-23-24-36(31,35(29,7)8)26-43(37,40)41/h1,27-32,38H,12-26H2,2-10H3/t27-,28+,29?,30-,31?,32-,36?/m0/s1. The SMILES string of the molecule is C#CCCCCCCCCCCC[C@H](O[Si](C)(C)C(C)(C)C)[C@H](C)[C@H](O)[C@@H](C)C(=O)N1C2CC3CCC2(CS1(=O)=O)C3(C)C. The molecule has 3 fully saturated rings. The fourth-order valence-electron chi connectivity index (χ4n) is 8.40. The number of terminal acetylenes is 1. The van der Waals surface area contributed by atoms with Crippen LogP contribution in [-0.2, 0) is 19.2 Å². The number of amides is 1. The Labute approximate surface area is 272 Å². The normalized spacial score (nSPS) is 28.3. The van der Waals surface area contributed by atoms with Crippen molar-refractivity contribution < 1.29 is 22.7 Å². The van der Waals surface area contributed by atoms with Gasteiger partial charge in [-0.05, 0) is 61.6 Å². The van der Waals surface area contributed by atoms with Crippen LogP contribution in [0.5, 0.6) is 0 Å². The molecule has 8 heteroatoms. The summed E-state index contributed by atoms with van der Waals surface area (Å²) in [5.74, 6) is 1.68. The van der Waals surface area contributed by atoms with Gasteiger partial charge in [0.1, 0.15) is 0 Å². The highest BCUT2D eigenvalue weighted by molar-refractivity contribution is 7.90. The molecule has 0 radical (unpaired) electrons. The summed E-state index contributed by atoms with van der Waals surface area (Å²) in [6.07, 6.45) is 19.2. The molecule has 3 rings (SSSR count). The van der Waals surface area contributed by atoms with Crippen molar-refractivity contribution in [2.45, 2.75) is 175 Å². The summed E-state index contributed by atoms with van der Waals surface area (Å²) in [6, 6.07) is -0.277. The van der Waals surface area contributed by atoms with Gasteiger partial charge in [-0.2, -0.15) is 0 Å². The van der Waals surface area contributed by atoms with E-state index in [0.717, 1.165) is 51.4 Å². The smallest absolute Gasteiger partial charge is 0.241 e. The van der Waals surface area contributed by atoms with Gasteiger partial charge in [0.15, 0.2) is 8.32 Å². The Balaban J connectivity index is 1.63. The van der Waals surface area contributed by atoms with Crippen molar-refractivity contribution in [1.29, 1.82) is 0 Å². The molecule has 1 saturated heterocycles. The number of sulfonamides is 1. The first kappa shape index (κ1) is 37.6. The Hall–Kier alpha value is -0.883. The molecule has 1 amide bonds. The van der Waals surface area contributed by atoms with Gasteiger partial charge in [0, 0.05) is 17.8 Å². The first-order valence-electron chi connectivity index (χ1n) is 17.7. The Morgan fingerprint density at radius 3 is 2.11 bits per heavy atom. The third kappa shape index (κ3) is 7.63. The molecular weight excluding hydrogens is 587 g/mol. The van der Waals surface area contributed by atoms with Crippen molar-refractivity contribution in [2.75, 3.05) is 5.75 Å². The molecule has 3 aliphatic rings. The molecule has 1 aliphatic heterocycles. The zero-order valence-electron chi connectivity index (χ0n) is 29.6. The molecule has 6 nitrogen and oxygen atoms in total. The maximum Gasteiger partial charge on any atom is 0.241 e. The molecule has 7 atom stereocenters. The lowest BCUT2D eigenvalue weighted by atomic mass is 9.69. The van der Waals surface area contributed by atoms with Crippen molar-refractivity contribution in [3.8, 4) is 12.3 Å². The van der Waals surface area contributed by atoms with Crippen LogP contribution in [-0.4, -0.2) is 56.1 Å². The highest BCUT2D eigenvalue weighted by Crippen LogP contribution is 2.70. The molecule has 1 N–H and O–H groups in total. The van der Waals surface area contributed by atoms with Gasteiger partial charge in [0.2, 0.25) is 15.9 Å². The first-order chi connectivity index (χ1) is 20.3. The molecule has 3 unspecified atom stereocenters. The van der Waals surface area contributed by atoms with Crippen LogP contribution < -0.4 is 0 Å². The van der Waals surface area contributed by atoms with Crippen molar-refractivity contribution in [3.63, 3.8) is 0 Å². The molecule has 2 bridgehead atoms. The molecule has 254 valence electrons. The van der Waals surface area contributed by atoms with E-state index in [9.17, 15) is 18.3 Å². The Morgan fingerprint density at radius 1 is 1.05 bits per heavy atom. The summed E-state index contributed by atoms with van der Waals surface area (Å²) >= 11 is 0. The van der Waals surface area contributed by atoms with Gasteiger partial charge in [-0.25, -0.2) is 12.7 Å². The van der Waals surface area contributed by atoms with Crippen LogP contribution in [0.25, 0.3) is 0 Å². The van der Waals surface area contributed by atoms with Crippen LogP contribution in [0.15, 0.2) is 0 Å². The molecule has 0 aromatic heterocycles. The molecule has 2 aliphatic carbocycles. The van der Waals surface area contributed by atoms with E-state index in [4.69, 9.17) is 10.8 Å². The van der Waals surface area contributed by atoms with Crippen LogP contribution in [0.1, 0.15) is 138 Å². The van der Waals surface area contributed by atoms with Crippen LogP contribution >= 0.6 is 0 Å². The monoisotopic (exact) mass is 651 g/mol. The summed E-state index contributed by atoms with van der Waals surface area (Å²) in [4.78, 5) is 14.0. The predicted molar refractivity (Wildman–Crippen MR) is 184 cm³/mol. The quantitative estimate of drug-likeness (QED) is 0.0972.